The van der Waals surface area contributed by atoms with Gasteiger partial charge in [-0.1, -0.05) is 6.07 Å². The molecular formula is C31H39N3O4. The summed E-state index contributed by atoms with van der Waals surface area (Å²) in [5.74, 6) is 2.23. The van der Waals surface area contributed by atoms with Gasteiger partial charge in [0.25, 0.3) is 5.91 Å². The van der Waals surface area contributed by atoms with Crippen LogP contribution in [0, 0.1) is 0 Å². The van der Waals surface area contributed by atoms with Crippen molar-refractivity contribution in [3.05, 3.63) is 72.1 Å². The van der Waals surface area contributed by atoms with E-state index in [1.54, 1.807) is 25.6 Å². The minimum absolute atomic E-state index is 0.0819. The number of likely N-dealkylation sites (tertiary alicyclic amines) is 1. The Kier molecular flexibility index (Phi) is 9.24. The first-order valence-electron chi connectivity index (χ1n) is 13.4. The SMILES string of the molecule is COc1cc(C(=O)NC2CCN(Cc3cc(OC(C)C)cc(OC(C)C)c3)CC2)cc(-c2cccnc2)c1. The predicted octanol–water partition coefficient (Wildman–Crippen LogP) is 5.73. The molecule has 1 saturated heterocycles. The number of aromatic nitrogens is 1. The van der Waals surface area contributed by atoms with E-state index in [2.05, 4.69) is 27.3 Å². The number of piperidine rings is 1. The molecule has 0 spiro atoms. The Balaban J connectivity index is 1.37. The molecule has 1 fully saturated rings. The molecule has 0 aliphatic carbocycles. The van der Waals surface area contributed by atoms with E-state index in [1.807, 2.05) is 58.0 Å². The summed E-state index contributed by atoms with van der Waals surface area (Å²) in [6.45, 7) is 10.7. The van der Waals surface area contributed by atoms with Crippen LogP contribution in [0.2, 0.25) is 0 Å². The second kappa shape index (κ2) is 12.8. The summed E-state index contributed by atoms with van der Waals surface area (Å²) < 4.78 is 17.4. The Morgan fingerprint density at radius 3 is 2.21 bits per heavy atom. The van der Waals surface area contributed by atoms with Crippen LogP contribution in [-0.4, -0.2) is 54.2 Å². The lowest BCUT2D eigenvalue weighted by Gasteiger charge is -2.32. The topological polar surface area (TPSA) is 72.9 Å². The van der Waals surface area contributed by atoms with Gasteiger partial charge in [0.05, 0.1) is 19.3 Å². The molecule has 0 unspecified atom stereocenters. The van der Waals surface area contributed by atoms with Crippen LogP contribution in [-0.2, 0) is 6.54 Å². The van der Waals surface area contributed by atoms with E-state index in [1.165, 1.54) is 5.56 Å². The fraction of sp³-hybridized carbons (Fsp3) is 0.419. The second-order valence-corrected chi connectivity index (χ2v) is 10.4. The van der Waals surface area contributed by atoms with Crippen molar-refractivity contribution >= 4 is 5.91 Å². The van der Waals surface area contributed by atoms with Gasteiger partial charge >= 0.3 is 0 Å². The molecule has 0 radical (unpaired) electrons. The average Bonchev–Trinajstić information content (AvgIpc) is 2.89. The molecular weight excluding hydrogens is 478 g/mol. The fourth-order valence-electron chi connectivity index (χ4n) is 4.71. The standard InChI is InChI=1S/C31H39N3O4/c1-21(2)37-29-13-23(14-30(18-29)38-22(3)4)20-34-11-8-27(9-12-34)33-31(35)26-15-25(16-28(17-26)36-5)24-7-6-10-32-19-24/h6-7,10,13-19,21-22,27H,8-9,11-12,20H2,1-5H3,(H,33,35). The molecule has 0 atom stereocenters. The highest BCUT2D eigenvalue weighted by molar-refractivity contribution is 5.96. The Morgan fingerprint density at radius 1 is 0.947 bits per heavy atom. The fourth-order valence-corrected chi connectivity index (χ4v) is 4.71. The molecule has 1 aliphatic rings. The van der Waals surface area contributed by atoms with E-state index >= 15 is 0 Å². The number of hydrogen-bond acceptors (Lipinski definition) is 6. The number of amides is 1. The lowest BCUT2D eigenvalue weighted by molar-refractivity contribution is 0.0908. The van der Waals surface area contributed by atoms with Crippen LogP contribution >= 0.6 is 0 Å². The first kappa shape index (κ1) is 27.5. The number of nitrogens with one attached hydrogen (secondary N) is 1. The molecule has 38 heavy (non-hydrogen) atoms. The van der Waals surface area contributed by atoms with E-state index in [0.29, 0.717) is 11.3 Å². The highest BCUT2D eigenvalue weighted by Crippen LogP contribution is 2.28. The molecule has 2 heterocycles. The van der Waals surface area contributed by atoms with E-state index in [0.717, 1.165) is 55.1 Å². The number of rotatable bonds is 10. The summed E-state index contributed by atoms with van der Waals surface area (Å²) in [5, 5.41) is 3.23. The minimum Gasteiger partial charge on any atom is -0.497 e. The van der Waals surface area contributed by atoms with Crippen molar-refractivity contribution in [2.24, 2.45) is 0 Å². The highest BCUT2D eigenvalue weighted by Gasteiger charge is 2.22. The van der Waals surface area contributed by atoms with Crippen LogP contribution < -0.4 is 19.5 Å². The quantitative estimate of drug-likeness (QED) is 0.371. The van der Waals surface area contributed by atoms with Crippen molar-refractivity contribution in [3.63, 3.8) is 0 Å². The molecule has 1 aliphatic heterocycles. The maximum atomic E-state index is 13.2. The van der Waals surface area contributed by atoms with Gasteiger partial charge in [-0.15, -0.1) is 0 Å². The van der Waals surface area contributed by atoms with Gasteiger partial charge < -0.3 is 19.5 Å². The zero-order chi connectivity index (χ0) is 27.1. The van der Waals surface area contributed by atoms with Gasteiger partial charge in [0.2, 0.25) is 0 Å². The van der Waals surface area contributed by atoms with Crippen molar-refractivity contribution < 1.29 is 19.0 Å². The predicted molar refractivity (Wildman–Crippen MR) is 150 cm³/mol. The summed E-state index contributed by atoms with van der Waals surface area (Å²) in [6, 6.07) is 15.8. The van der Waals surface area contributed by atoms with Crippen molar-refractivity contribution in [1.82, 2.24) is 15.2 Å². The molecule has 0 bridgehead atoms. The van der Waals surface area contributed by atoms with Gasteiger partial charge in [-0.25, -0.2) is 0 Å². The highest BCUT2D eigenvalue weighted by atomic mass is 16.5. The molecule has 4 rings (SSSR count). The van der Waals surface area contributed by atoms with E-state index < -0.39 is 0 Å². The van der Waals surface area contributed by atoms with Crippen molar-refractivity contribution in [2.45, 2.75) is 65.3 Å². The summed E-state index contributed by atoms with van der Waals surface area (Å²) in [5.41, 5.74) is 3.60. The first-order chi connectivity index (χ1) is 18.3. The van der Waals surface area contributed by atoms with Gasteiger partial charge in [0.1, 0.15) is 17.2 Å². The Hall–Kier alpha value is -3.58. The molecule has 1 N–H and O–H groups in total. The summed E-state index contributed by atoms with van der Waals surface area (Å²) in [6.07, 6.45) is 5.50. The molecule has 3 aromatic rings. The molecule has 0 saturated carbocycles. The third-order valence-corrected chi connectivity index (χ3v) is 6.41. The number of pyridine rings is 1. The van der Waals surface area contributed by atoms with Crippen LogP contribution in [0.15, 0.2) is 60.9 Å². The number of nitrogens with zero attached hydrogens (tertiary/aromatic N) is 2. The number of methoxy groups -OCH3 is 1. The lowest BCUT2D eigenvalue weighted by Crippen LogP contribution is -2.44. The van der Waals surface area contributed by atoms with Crippen molar-refractivity contribution in [1.29, 1.82) is 0 Å². The Morgan fingerprint density at radius 2 is 1.63 bits per heavy atom. The van der Waals surface area contributed by atoms with Crippen LogP contribution in [0.25, 0.3) is 11.1 Å². The Bertz CT molecular complexity index is 1180. The molecule has 202 valence electrons. The van der Waals surface area contributed by atoms with Crippen molar-refractivity contribution in [3.8, 4) is 28.4 Å². The maximum Gasteiger partial charge on any atom is 0.251 e. The van der Waals surface area contributed by atoms with E-state index in [4.69, 9.17) is 14.2 Å². The molecule has 1 amide bonds. The zero-order valence-corrected chi connectivity index (χ0v) is 23.1. The average molecular weight is 518 g/mol. The third-order valence-electron chi connectivity index (χ3n) is 6.41. The van der Waals surface area contributed by atoms with Gasteiger partial charge in [-0.3, -0.25) is 14.7 Å². The monoisotopic (exact) mass is 517 g/mol. The third kappa shape index (κ3) is 7.71. The number of hydrogen-bond donors (Lipinski definition) is 1. The number of ether oxygens (including phenoxy) is 3. The normalized spacial score (nSPS) is 14.5. The first-order valence-corrected chi connectivity index (χ1v) is 13.4. The van der Waals surface area contributed by atoms with Gasteiger partial charge in [0.15, 0.2) is 0 Å². The van der Waals surface area contributed by atoms with Crippen LogP contribution in [0.1, 0.15) is 56.5 Å². The molecule has 7 nitrogen and oxygen atoms in total. The van der Waals surface area contributed by atoms with Crippen molar-refractivity contribution in [2.75, 3.05) is 20.2 Å². The number of carbonyl (C=O) groups excluding carboxylic acids is 1. The smallest absolute Gasteiger partial charge is 0.251 e. The van der Waals surface area contributed by atoms with Crippen LogP contribution in [0.4, 0.5) is 0 Å². The zero-order valence-electron chi connectivity index (χ0n) is 23.1. The van der Waals surface area contributed by atoms with Gasteiger partial charge in [0, 0.05) is 55.3 Å². The van der Waals surface area contributed by atoms with Crippen LogP contribution in [0.5, 0.6) is 17.2 Å². The summed E-state index contributed by atoms with van der Waals surface area (Å²) in [7, 11) is 1.61. The molecule has 7 heteroatoms. The Labute approximate surface area is 226 Å². The molecule has 2 aromatic carbocycles. The minimum atomic E-state index is -0.0819. The summed E-state index contributed by atoms with van der Waals surface area (Å²) >= 11 is 0. The lowest BCUT2D eigenvalue weighted by atomic mass is 10.0. The van der Waals surface area contributed by atoms with Gasteiger partial charge in [-0.2, -0.15) is 0 Å². The van der Waals surface area contributed by atoms with E-state index in [9.17, 15) is 4.79 Å². The van der Waals surface area contributed by atoms with Crippen LogP contribution in [0.3, 0.4) is 0 Å². The van der Waals surface area contributed by atoms with Gasteiger partial charge in [-0.05, 0) is 88.1 Å². The number of benzene rings is 2. The summed E-state index contributed by atoms with van der Waals surface area (Å²) in [4.78, 5) is 19.8. The number of carbonyl (C=O) groups is 1. The largest absolute Gasteiger partial charge is 0.497 e. The maximum absolute atomic E-state index is 13.2. The second-order valence-electron chi connectivity index (χ2n) is 10.4. The van der Waals surface area contributed by atoms with E-state index in [-0.39, 0.29) is 24.2 Å². The molecule has 1 aromatic heterocycles.